The molecule has 4 rings (SSSR count). The molecule has 0 spiro atoms. The van der Waals surface area contributed by atoms with Crippen molar-refractivity contribution in [2.45, 2.75) is 43.9 Å². The zero-order chi connectivity index (χ0) is 19.9. The van der Waals surface area contributed by atoms with Crippen LogP contribution in [0.1, 0.15) is 42.9 Å². The molecule has 1 heterocycles. The Labute approximate surface area is 175 Å². The maximum absolute atomic E-state index is 10.4. The number of hydrogen-bond donors (Lipinski definition) is 1. The lowest BCUT2D eigenvalue weighted by Gasteiger charge is -2.40. The van der Waals surface area contributed by atoms with Gasteiger partial charge in [-0.2, -0.15) is 0 Å². The molecule has 4 nitrogen and oxygen atoms in total. The molecule has 4 heteroatoms. The van der Waals surface area contributed by atoms with Crippen molar-refractivity contribution < 1.29 is 9.84 Å². The van der Waals surface area contributed by atoms with Crippen LogP contribution in [0.25, 0.3) is 0 Å². The first-order valence-corrected chi connectivity index (χ1v) is 11.2. The van der Waals surface area contributed by atoms with Crippen molar-refractivity contribution in [2.75, 3.05) is 39.3 Å². The lowest BCUT2D eigenvalue weighted by Crippen LogP contribution is -2.50. The average molecular weight is 395 g/mol. The Kier molecular flexibility index (Phi) is 7.33. The first-order chi connectivity index (χ1) is 14.3. The third-order valence-electron chi connectivity index (χ3n) is 6.30. The number of nitrogens with zero attached hydrogens (tertiary/aromatic N) is 2. The van der Waals surface area contributed by atoms with Crippen LogP contribution in [-0.4, -0.2) is 66.4 Å². The van der Waals surface area contributed by atoms with Crippen molar-refractivity contribution in [2.24, 2.45) is 0 Å². The monoisotopic (exact) mass is 394 g/mol. The number of ether oxygens (including phenoxy) is 1. The third-order valence-corrected chi connectivity index (χ3v) is 6.30. The molecular weight excluding hydrogens is 360 g/mol. The Bertz CT molecular complexity index is 671. The van der Waals surface area contributed by atoms with Gasteiger partial charge < -0.3 is 9.84 Å². The van der Waals surface area contributed by atoms with Gasteiger partial charge in [0.25, 0.3) is 0 Å². The van der Waals surface area contributed by atoms with Crippen LogP contribution in [-0.2, 0) is 4.74 Å². The highest BCUT2D eigenvalue weighted by Gasteiger charge is 2.27. The molecule has 1 aliphatic heterocycles. The number of piperazine rings is 1. The van der Waals surface area contributed by atoms with Crippen LogP contribution in [0.5, 0.6) is 0 Å². The quantitative estimate of drug-likeness (QED) is 0.740. The highest BCUT2D eigenvalue weighted by molar-refractivity contribution is 5.31. The second-order valence-corrected chi connectivity index (χ2v) is 8.45. The molecule has 0 bridgehead atoms. The molecule has 29 heavy (non-hydrogen) atoms. The van der Waals surface area contributed by atoms with Crippen LogP contribution in [0, 0.1) is 0 Å². The van der Waals surface area contributed by atoms with E-state index in [2.05, 4.69) is 70.5 Å². The van der Waals surface area contributed by atoms with Crippen LogP contribution in [0.15, 0.2) is 60.7 Å². The van der Waals surface area contributed by atoms with Crippen molar-refractivity contribution in [3.8, 4) is 0 Å². The van der Waals surface area contributed by atoms with Gasteiger partial charge >= 0.3 is 0 Å². The molecule has 1 saturated carbocycles. The maximum atomic E-state index is 10.4. The van der Waals surface area contributed by atoms with Gasteiger partial charge in [0, 0.05) is 32.7 Å². The molecule has 1 atom stereocenters. The molecule has 0 unspecified atom stereocenters. The van der Waals surface area contributed by atoms with Gasteiger partial charge in [0.2, 0.25) is 0 Å². The third kappa shape index (κ3) is 5.67. The van der Waals surface area contributed by atoms with Gasteiger partial charge in [-0.1, -0.05) is 73.5 Å². The van der Waals surface area contributed by atoms with Crippen LogP contribution >= 0.6 is 0 Å². The zero-order valence-corrected chi connectivity index (χ0v) is 17.3. The first kappa shape index (κ1) is 20.5. The van der Waals surface area contributed by atoms with E-state index in [9.17, 15) is 5.11 Å². The Morgan fingerprint density at radius 3 is 1.93 bits per heavy atom. The van der Waals surface area contributed by atoms with E-state index in [1.54, 1.807) is 0 Å². The van der Waals surface area contributed by atoms with Crippen LogP contribution in [0.4, 0.5) is 0 Å². The van der Waals surface area contributed by atoms with Crippen molar-refractivity contribution in [3.05, 3.63) is 71.8 Å². The molecule has 1 N–H and O–H groups in total. The topological polar surface area (TPSA) is 35.9 Å². The van der Waals surface area contributed by atoms with Crippen molar-refractivity contribution in [1.29, 1.82) is 0 Å². The summed E-state index contributed by atoms with van der Waals surface area (Å²) in [6.45, 7) is 5.16. The zero-order valence-electron chi connectivity index (χ0n) is 17.3. The molecule has 0 amide bonds. The molecular formula is C25H34N2O2. The molecule has 0 radical (unpaired) electrons. The fraction of sp³-hybridized carbons (Fsp3) is 0.520. The summed E-state index contributed by atoms with van der Waals surface area (Å²) in [4.78, 5) is 4.95. The first-order valence-electron chi connectivity index (χ1n) is 11.2. The minimum Gasteiger partial charge on any atom is -0.389 e. The maximum Gasteiger partial charge on any atom is 0.0900 e. The second-order valence-electron chi connectivity index (χ2n) is 8.45. The molecule has 2 aliphatic rings. The lowest BCUT2D eigenvalue weighted by atomic mass is 9.96. The number of aliphatic hydroxyl groups excluding tert-OH is 1. The van der Waals surface area contributed by atoms with Crippen LogP contribution in [0.2, 0.25) is 0 Å². The van der Waals surface area contributed by atoms with Crippen molar-refractivity contribution in [3.63, 3.8) is 0 Å². The normalized spacial score (nSPS) is 20.3. The Morgan fingerprint density at radius 2 is 1.38 bits per heavy atom. The summed E-state index contributed by atoms with van der Waals surface area (Å²) in [5.41, 5.74) is 2.69. The van der Waals surface area contributed by atoms with E-state index < -0.39 is 0 Å². The Morgan fingerprint density at radius 1 is 0.828 bits per heavy atom. The molecule has 2 aromatic rings. The minimum atomic E-state index is -0.388. The summed E-state index contributed by atoms with van der Waals surface area (Å²) in [5, 5.41) is 10.4. The van der Waals surface area contributed by atoms with E-state index >= 15 is 0 Å². The molecule has 1 aliphatic carbocycles. The van der Waals surface area contributed by atoms with Gasteiger partial charge in [-0.25, -0.2) is 0 Å². The van der Waals surface area contributed by atoms with Gasteiger partial charge in [-0.05, 0) is 24.0 Å². The van der Waals surface area contributed by atoms with Gasteiger partial charge in [-0.3, -0.25) is 9.80 Å². The largest absolute Gasteiger partial charge is 0.389 e. The van der Waals surface area contributed by atoms with Gasteiger partial charge in [0.15, 0.2) is 0 Å². The van der Waals surface area contributed by atoms with E-state index in [1.165, 1.54) is 24.0 Å². The van der Waals surface area contributed by atoms with Crippen molar-refractivity contribution >= 4 is 0 Å². The number of aliphatic hydroxyl groups is 1. The lowest BCUT2D eigenvalue weighted by molar-refractivity contribution is -0.0245. The van der Waals surface area contributed by atoms with E-state index in [-0.39, 0.29) is 12.1 Å². The van der Waals surface area contributed by atoms with E-state index in [1.807, 2.05) is 0 Å². The highest BCUT2D eigenvalue weighted by Crippen LogP contribution is 2.29. The summed E-state index contributed by atoms with van der Waals surface area (Å²) >= 11 is 0. The fourth-order valence-corrected chi connectivity index (χ4v) is 4.74. The second kappa shape index (κ2) is 10.4. The van der Waals surface area contributed by atoms with Crippen LogP contribution < -0.4 is 0 Å². The molecule has 1 saturated heterocycles. The standard InChI is InChI=1S/C25H34N2O2/c28-23(20-29-24-13-7-8-14-24)19-26-15-17-27(18-16-26)25(21-9-3-1-4-10-21)22-11-5-2-6-12-22/h1-6,9-12,23-25,28H,7-8,13-20H2/t23-/m0/s1. The Balaban J connectivity index is 1.32. The smallest absolute Gasteiger partial charge is 0.0900 e. The average Bonchev–Trinajstić information content (AvgIpc) is 3.29. The van der Waals surface area contributed by atoms with E-state index in [4.69, 9.17) is 4.74 Å². The summed E-state index contributed by atoms with van der Waals surface area (Å²) in [6.07, 6.45) is 4.84. The molecule has 0 aromatic heterocycles. The molecule has 2 fully saturated rings. The summed E-state index contributed by atoms with van der Waals surface area (Å²) in [6, 6.07) is 21.9. The minimum absolute atomic E-state index is 0.287. The Hall–Kier alpha value is -1.72. The van der Waals surface area contributed by atoms with E-state index in [0.717, 1.165) is 39.0 Å². The van der Waals surface area contributed by atoms with Gasteiger partial charge in [-0.15, -0.1) is 0 Å². The molecule has 2 aromatic carbocycles. The highest BCUT2D eigenvalue weighted by atomic mass is 16.5. The van der Waals surface area contributed by atoms with E-state index in [0.29, 0.717) is 19.3 Å². The summed E-state index contributed by atoms with van der Waals surface area (Å²) in [5.74, 6) is 0. The number of β-amino-alcohol motifs (C(OH)–C–C–N with tert-alkyl or cyclic N) is 1. The van der Waals surface area contributed by atoms with Gasteiger partial charge in [0.1, 0.15) is 0 Å². The van der Waals surface area contributed by atoms with Crippen LogP contribution in [0.3, 0.4) is 0 Å². The predicted molar refractivity (Wildman–Crippen MR) is 117 cm³/mol. The fourth-order valence-electron chi connectivity index (χ4n) is 4.74. The number of benzene rings is 2. The SMILES string of the molecule is O[C@H](COC1CCCC1)CN1CCN(C(c2ccccc2)c2ccccc2)CC1. The summed E-state index contributed by atoms with van der Waals surface area (Å²) in [7, 11) is 0. The summed E-state index contributed by atoms with van der Waals surface area (Å²) < 4.78 is 5.89. The van der Waals surface area contributed by atoms with Gasteiger partial charge in [0.05, 0.1) is 24.9 Å². The van der Waals surface area contributed by atoms with Crippen molar-refractivity contribution in [1.82, 2.24) is 9.80 Å². The number of hydrogen-bond acceptors (Lipinski definition) is 4. The predicted octanol–water partition coefficient (Wildman–Crippen LogP) is 3.71. The number of rotatable bonds is 8. The molecule has 156 valence electrons.